The van der Waals surface area contributed by atoms with E-state index in [9.17, 15) is 22.7 Å². The molecule has 0 radical (unpaired) electrons. The van der Waals surface area contributed by atoms with Gasteiger partial charge in [-0.25, -0.2) is 12.8 Å². The van der Waals surface area contributed by atoms with Crippen LogP contribution in [0.1, 0.15) is 6.92 Å². The van der Waals surface area contributed by atoms with Crippen LogP contribution in [0.5, 0.6) is 0 Å². The second-order valence-electron chi connectivity index (χ2n) is 5.45. The zero-order chi connectivity index (χ0) is 18.0. The molecule has 0 bridgehead atoms. The molecule has 1 atom stereocenters. The lowest BCUT2D eigenvalue weighted by atomic mass is 10.1. The smallest absolute Gasteiger partial charge is 0.257 e. The Kier molecular flexibility index (Phi) is 5.27. The summed E-state index contributed by atoms with van der Waals surface area (Å²) in [6.45, 7) is 1.10. The normalized spacial score (nSPS) is 14.0. The first-order valence-electron chi connectivity index (χ1n) is 6.88. The van der Waals surface area contributed by atoms with Crippen molar-refractivity contribution < 1.29 is 22.7 Å². The number of amides is 1. The van der Waals surface area contributed by atoms with Gasteiger partial charge >= 0.3 is 0 Å². The quantitative estimate of drug-likeness (QED) is 0.791. The lowest BCUT2D eigenvalue weighted by Crippen LogP contribution is -2.45. The molecule has 0 saturated heterocycles. The zero-order valence-electron chi connectivity index (χ0n) is 12.7. The van der Waals surface area contributed by atoms with Gasteiger partial charge in [0, 0.05) is 10.7 Å². The minimum atomic E-state index is -3.98. The summed E-state index contributed by atoms with van der Waals surface area (Å²) in [5.41, 5.74) is -1.81. The summed E-state index contributed by atoms with van der Waals surface area (Å²) in [5, 5.41) is 13.2. The predicted molar refractivity (Wildman–Crippen MR) is 89.2 cm³/mol. The standard InChI is InChI=1S/C16H15ClFNO4S/c1-16(21,15(20)19-13-6-2-11(17)3-7-13)10-24(22,23)14-8-4-12(18)5-9-14/h2-9,21H,10H2,1H3,(H,19,20). The molecule has 2 rings (SSSR count). The molecule has 0 aromatic heterocycles. The molecule has 1 amide bonds. The second-order valence-corrected chi connectivity index (χ2v) is 7.87. The van der Waals surface area contributed by atoms with Crippen molar-refractivity contribution in [1.29, 1.82) is 0 Å². The van der Waals surface area contributed by atoms with E-state index in [1.54, 1.807) is 12.1 Å². The van der Waals surface area contributed by atoms with E-state index < -0.39 is 32.9 Å². The van der Waals surface area contributed by atoms with E-state index in [1.165, 1.54) is 12.1 Å². The van der Waals surface area contributed by atoms with Crippen molar-refractivity contribution in [2.24, 2.45) is 0 Å². The molecule has 128 valence electrons. The first kappa shape index (κ1) is 18.4. The lowest BCUT2D eigenvalue weighted by molar-refractivity contribution is -0.130. The van der Waals surface area contributed by atoms with E-state index in [-0.39, 0.29) is 4.90 Å². The van der Waals surface area contributed by atoms with Crippen LogP contribution in [0.2, 0.25) is 5.02 Å². The van der Waals surface area contributed by atoms with Gasteiger partial charge in [-0.15, -0.1) is 0 Å². The van der Waals surface area contributed by atoms with E-state index >= 15 is 0 Å². The molecule has 1 unspecified atom stereocenters. The number of nitrogens with one attached hydrogen (secondary N) is 1. The number of rotatable bonds is 5. The average Bonchev–Trinajstić information content (AvgIpc) is 2.49. The molecular weight excluding hydrogens is 357 g/mol. The average molecular weight is 372 g/mol. The van der Waals surface area contributed by atoms with Crippen molar-refractivity contribution in [1.82, 2.24) is 0 Å². The van der Waals surface area contributed by atoms with Crippen molar-refractivity contribution >= 4 is 33.0 Å². The maximum Gasteiger partial charge on any atom is 0.257 e. The summed E-state index contributed by atoms with van der Waals surface area (Å²) in [6, 6.07) is 10.3. The lowest BCUT2D eigenvalue weighted by Gasteiger charge is -2.22. The third-order valence-corrected chi connectivity index (χ3v) is 5.42. The van der Waals surface area contributed by atoms with Crippen LogP contribution in [0.25, 0.3) is 0 Å². The van der Waals surface area contributed by atoms with Gasteiger partial charge in [-0.2, -0.15) is 0 Å². The third kappa shape index (κ3) is 4.53. The van der Waals surface area contributed by atoms with Crippen molar-refractivity contribution in [3.63, 3.8) is 0 Å². The fourth-order valence-electron chi connectivity index (χ4n) is 1.96. The third-order valence-electron chi connectivity index (χ3n) is 3.24. The molecule has 0 saturated carbocycles. The summed E-state index contributed by atoms with van der Waals surface area (Å²) in [6.07, 6.45) is 0. The summed E-state index contributed by atoms with van der Waals surface area (Å²) in [5.74, 6) is -2.30. The van der Waals surface area contributed by atoms with Crippen molar-refractivity contribution in [2.75, 3.05) is 11.1 Å². The number of sulfone groups is 1. The molecule has 0 aliphatic rings. The highest BCUT2D eigenvalue weighted by molar-refractivity contribution is 7.91. The van der Waals surface area contributed by atoms with Gasteiger partial charge in [0.25, 0.3) is 5.91 Å². The first-order chi connectivity index (χ1) is 11.1. The molecule has 24 heavy (non-hydrogen) atoms. The molecule has 0 heterocycles. The highest BCUT2D eigenvalue weighted by atomic mass is 35.5. The van der Waals surface area contributed by atoms with E-state index in [1.807, 2.05) is 0 Å². The number of halogens is 2. The summed E-state index contributed by atoms with van der Waals surface area (Å²) < 4.78 is 37.5. The Bertz CT molecular complexity index is 833. The molecule has 2 aromatic rings. The van der Waals surface area contributed by atoms with Gasteiger partial charge in [0.1, 0.15) is 5.82 Å². The maximum atomic E-state index is 12.9. The number of anilines is 1. The van der Waals surface area contributed by atoms with Crippen molar-refractivity contribution in [3.8, 4) is 0 Å². The number of aliphatic hydroxyl groups is 1. The highest BCUT2D eigenvalue weighted by Gasteiger charge is 2.36. The van der Waals surface area contributed by atoms with E-state index in [0.717, 1.165) is 31.2 Å². The van der Waals surface area contributed by atoms with Gasteiger partial charge in [-0.3, -0.25) is 4.79 Å². The molecule has 0 aliphatic carbocycles. The SMILES string of the molecule is CC(O)(CS(=O)(=O)c1ccc(F)cc1)C(=O)Nc1ccc(Cl)cc1. The van der Waals surface area contributed by atoms with Crippen molar-refractivity contribution in [2.45, 2.75) is 17.4 Å². The molecule has 0 fully saturated rings. The van der Waals surface area contributed by atoms with Crippen LogP contribution in [-0.2, 0) is 14.6 Å². The molecule has 2 N–H and O–H groups in total. The Morgan fingerprint density at radius 1 is 1.17 bits per heavy atom. The number of carbonyl (C=O) groups excluding carboxylic acids is 1. The fraction of sp³-hybridized carbons (Fsp3) is 0.188. The van der Waals surface area contributed by atoms with Crippen LogP contribution in [0.15, 0.2) is 53.4 Å². The Labute approximate surface area is 144 Å². The molecular formula is C16H15ClFNO4S. The molecule has 0 aliphatic heterocycles. The maximum absolute atomic E-state index is 12.9. The summed E-state index contributed by atoms with van der Waals surface area (Å²) in [7, 11) is -3.98. The van der Waals surface area contributed by atoms with Crippen LogP contribution >= 0.6 is 11.6 Å². The fourth-order valence-corrected chi connectivity index (χ4v) is 3.67. The summed E-state index contributed by atoms with van der Waals surface area (Å²) in [4.78, 5) is 12.0. The van der Waals surface area contributed by atoms with Crippen LogP contribution in [0.4, 0.5) is 10.1 Å². The van der Waals surface area contributed by atoms with Crippen molar-refractivity contribution in [3.05, 3.63) is 59.4 Å². The minimum Gasteiger partial charge on any atom is -0.379 e. The predicted octanol–water partition coefficient (Wildman–Crippen LogP) is 2.64. The highest BCUT2D eigenvalue weighted by Crippen LogP contribution is 2.20. The minimum absolute atomic E-state index is 0.177. The second kappa shape index (κ2) is 6.88. The van der Waals surface area contributed by atoms with Gasteiger partial charge in [0.05, 0.1) is 10.6 Å². The van der Waals surface area contributed by atoms with Gasteiger partial charge in [0.15, 0.2) is 15.4 Å². The molecule has 2 aromatic carbocycles. The molecule has 5 nitrogen and oxygen atoms in total. The monoisotopic (exact) mass is 371 g/mol. The van der Waals surface area contributed by atoms with E-state index in [4.69, 9.17) is 11.6 Å². The van der Waals surface area contributed by atoms with Gasteiger partial charge in [-0.05, 0) is 55.5 Å². The van der Waals surface area contributed by atoms with Gasteiger partial charge in [0.2, 0.25) is 0 Å². The van der Waals surface area contributed by atoms with Gasteiger partial charge in [-0.1, -0.05) is 11.6 Å². The Morgan fingerprint density at radius 3 is 2.25 bits per heavy atom. The van der Waals surface area contributed by atoms with Gasteiger partial charge < -0.3 is 10.4 Å². The van der Waals surface area contributed by atoms with Crippen LogP contribution in [0.3, 0.4) is 0 Å². The zero-order valence-corrected chi connectivity index (χ0v) is 14.2. The Hall–Kier alpha value is -1.96. The number of carbonyl (C=O) groups is 1. The number of hydrogen-bond acceptors (Lipinski definition) is 4. The van der Waals surface area contributed by atoms with Crippen LogP contribution in [-0.4, -0.2) is 30.8 Å². The Morgan fingerprint density at radius 2 is 1.71 bits per heavy atom. The van der Waals surface area contributed by atoms with Crippen LogP contribution < -0.4 is 5.32 Å². The molecule has 8 heteroatoms. The first-order valence-corrected chi connectivity index (χ1v) is 8.91. The number of hydrogen-bond donors (Lipinski definition) is 2. The summed E-state index contributed by atoms with van der Waals surface area (Å²) >= 11 is 5.74. The largest absolute Gasteiger partial charge is 0.379 e. The van der Waals surface area contributed by atoms with E-state index in [0.29, 0.717) is 10.7 Å². The van der Waals surface area contributed by atoms with Crippen LogP contribution in [0, 0.1) is 5.82 Å². The molecule has 0 spiro atoms. The van der Waals surface area contributed by atoms with E-state index in [2.05, 4.69) is 5.32 Å². The number of benzene rings is 2. The topological polar surface area (TPSA) is 83.5 Å². The Balaban J connectivity index is 2.15.